The molecule has 2 unspecified atom stereocenters. The van der Waals surface area contributed by atoms with Gasteiger partial charge in [-0.3, -0.25) is 4.98 Å². The maximum atomic E-state index is 4.10. The molecule has 0 bridgehead atoms. The van der Waals surface area contributed by atoms with Gasteiger partial charge in [0.05, 0.1) is 0 Å². The van der Waals surface area contributed by atoms with Crippen molar-refractivity contribution in [2.24, 2.45) is 11.8 Å². The Bertz CT molecular complexity index is 281. The van der Waals surface area contributed by atoms with Gasteiger partial charge in [0, 0.05) is 12.4 Å². The molecule has 1 saturated carbocycles. The Labute approximate surface area is 92.9 Å². The van der Waals surface area contributed by atoms with Crippen LogP contribution in [0.4, 0.5) is 0 Å². The van der Waals surface area contributed by atoms with Gasteiger partial charge in [0.25, 0.3) is 0 Å². The minimum atomic E-state index is 0.794. The highest BCUT2D eigenvalue weighted by molar-refractivity contribution is 5.17. The van der Waals surface area contributed by atoms with E-state index in [1.807, 2.05) is 12.4 Å². The molecule has 1 heteroatoms. The highest BCUT2D eigenvalue weighted by Gasteiger charge is 2.32. The molecule has 0 aliphatic heterocycles. The second-order valence-electron chi connectivity index (χ2n) is 4.79. The first kappa shape index (κ1) is 10.7. The third kappa shape index (κ3) is 2.22. The summed E-state index contributed by atoms with van der Waals surface area (Å²) in [5.74, 6) is 2.70. The molecule has 15 heavy (non-hydrogen) atoms. The third-order valence-electron chi connectivity index (χ3n) is 4.07. The molecule has 0 aromatic carbocycles. The number of hydrogen-bond donors (Lipinski definition) is 0. The monoisotopic (exact) mass is 203 g/mol. The summed E-state index contributed by atoms with van der Waals surface area (Å²) in [4.78, 5) is 4.10. The number of aromatic nitrogens is 1. The quantitative estimate of drug-likeness (QED) is 0.723. The van der Waals surface area contributed by atoms with E-state index in [9.17, 15) is 0 Å². The Kier molecular flexibility index (Phi) is 3.40. The van der Waals surface area contributed by atoms with Crippen LogP contribution >= 0.6 is 0 Å². The summed E-state index contributed by atoms with van der Waals surface area (Å²) in [5, 5.41) is 0. The van der Waals surface area contributed by atoms with E-state index in [1.54, 1.807) is 0 Å². The summed E-state index contributed by atoms with van der Waals surface area (Å²) in [6, 6.07) is 4.38. The fourth-order valence-electron chi connectivity index (χ4n) is 3.12. The van der Waals surface area contributed by atoms with Gasteiger partial charge in [-0.25, -0.2) is 0 Å². The fourth-order valence-corrected chi connectivity index (χ4v) is 3.12. The van der Waals surface area contributed by atoms with E-state index in [0.717, 1.165) is 17.8 Å². The maximum absolute atomic E-state index is 4.10. The average molecular weight is 203 g/mol. The third-order valence-corrected chi connectivity index (χ3v) is 4.07. The Morgan fingerprint density at radius 3 is 2.07 bits per heavy atom. The summed E-state index contributed by atoms with van der Waals surface area (Å²) >= 11 is 0. The van der Waals surface area contributed by atoms with Gasteiger partial charge in [0.15, 0.2) is 0 Å². The second-order valence-corrected chi connectivity index (χ2v) is 4.79. The molecule has 2 atom stereocenters. The van der Waals surface area contributed by atoms with Crippen molar-refractivity contribution >= 4 is 0 Å². The van der Waals surface area contributed by atoms with E-state index in [0.29, 0.717) is 0 Å². The highest BCUT2D eigenvalue weighted by atomic mass is 14.6. The number of pyridine rings is 1. The average Bonchev–Trinajstić information content (AvgIpc) is 2.73. The van der Waals surface area contributed by atoms with Crippen molar-refractivity contribution < 1.29 is 0 Å². The van der Waals surface area contributed by atoms with E-state index in [1.165, 1.54) is 31.2 Å². The van der Waals surface area contributed by atoms with Crippen LogP contribution in [-0.4, -0.2) is 4.98 Å². The second kappa shape index (κ2) is 4.78. The lowest BCUT2D eigenvalue weighted by atomic mass is 9.92. The minimum Gasteiger partial charge on any atom is -0.265 e. The Balaban J connectivity index is 2.08. The number of rotatable bonds is 3. The van der Waals surface area contributed by atoms with Crippen LogP contribution in [0.3, 0.4) is 0 Å². The van der Waals surface area contributed by atoms with Crippen molar-refractivity contribution in [3.05, 3.63) is 30.1 Å². The molecule has 0 radical (unpaired) electrons. The van der Waals surface area contributed by atoms with Gasteiger partial charge < -0.3 is 0 Å². The van der Waals surface area contributed by atoms with Crippen molar-refractivity contribution in [1.82, 2.24) is 4.98 Å². The zero-order valence-corrected chi connectivity index (χ0v) is 9.82. The van der Waals surface area contributed by atoms with Crippen molar-refractivity contribution in [3.63, 3.8) is 0 Å². The van der Waals surface area contributed by atoms with Gasteiger partial charge in [-0.2, -0.15) is 0 Å². The lowest BCUT2D eigenvalue weighted by Crippen LogP contribution is -2.04. The lowest BCUT2D eigenvalue weighted by Gasteiger charge is -2.14. The van der Waals surface area contributed by atoms with Crippen molar-refractivity contribution in [3.8, 4) is 0 Å². The normalized spacial score (nSPS) is 30.7. The molecular formula is C14H21N. The summed E-state index contributed by atoms with van der Waals surface area (Å²) in [5.41, 5.74) is 1.50. The highest BCUT2D eigenvalue weighted by Crippen LogP contribution is 2.44. The minimum absolute atomic E-state index is 0.794. The smallest absolute Gasteiger partial charge is 0.0270 e. The molecule has 1 nitrogen and oxygen atoms in total. The molecular weight excluding hydrogens is 182 g/mol. The van der Waals surface area contributed by atoms with E-state index in [2.05, 4.69) is 31.0 Å². The summed E-state index contributed by atoms with van der Waals surface area (Å²) < 4.78 is 0. The van der Waals surface area contributed by atoms with E-state index in [-0.39, 0.29) is 0 Å². The van der Waals surface area contributed by atoms with Crippen LogP contribution in [0.5, 0.6) is 0 Å². The van der Waals surface area contributed by atoms with Gasteiger partial charge >= 0.3 is 0 Å². The Morgan fingerprint density at radius 1 is 1.07 bits per heavy atom. The standard InChI is InChI=1S/C14H21N/c1-3-11-9-14(10-12(11)4-2)13-5-7-15-8-6-13/h5-8,11-12,14H,3-4,9-10H2,1-2H3. The van der Waals surface area contributed by atoms with Crippen LogP contribution < -0.4 is 0 Å². The zero-order chi connectivity index (χ0) is 10.7. The van der Waals surface area contributed by atoms with Gasteiger partial charge in [0.2, 0.25) is 0 Å². The van der Waals surface area contributed by atoms with Crippen LogP contribution in [0.15, 0.2) is 24.5 Å². The predicted octanol–water partition coefficient (Wildman–Crippen LogP) is 4.01. The molecule has 0 saturated heterocycles. The Hall–Kier alpha value is -0.850. The first-order valence-electron chi connectivity index (χ1n) is 6.25. The molecule has 0 amide bonds. The van der Waals surface area contributed by atoms with Crippen LogP contribution in [0.25, 0.3) is 0 Å². The van der Waals surface area contributed by atoms with Crippen LogP contribution in [0.1, 0.15) is 51.0 Å². The topological polar surface area (TPSA) is 12.9 Å². The Morgan fingerprint density at radius 2 is 1.60 bits per heavy atom. The zero-order valence-electron chi connectivity index (χ0n) is 9.82. The fraction of sp³-hybridized carbons (Fsp3) is 0.643. The first-order valence-corrected chi connectivity index (χ1v) is 6.25. The molecule has 0 spiro atoms. The van der Waals surface area contributed by atoms with Gasteiger partial charge in [0.1, 0.15) is 0 Å². The molecule has 1 heterocycles. The SMILES string of the molecule is CCC1CC(c2ccncc2)CC1CC. The van der Waals surface area contributed by atoms with Crippen molar-refractivity contribution in [2.45, 2.75) is 45.4 Å². The molecule has 2 rings (SSSR count). The van der Waals surface area contributed by atoms with Gasteiger partial charge in [-0.15, -0.1) is 0 Å². The van der Waals surface area contributed by atoms with E-state index < -0.39 is 0 Å². The summed E-state index contributed by atoms with van der Waals surface area (Å²) in [7, 11) is 0. The first-order chi connectivity index (χ1) is 7.35. The lowest BCUT2D eigenvalue weighted by molar-refractivity contribution is 0.367. The molecule has 0 N–H and O–H groups in total. The number of nitrogens with zero attached hydrogens (tertiary/aromatic N) is 1. The molecule has 1 aromatic heterocycles. The molecule has 1 aliphatic carbocycles. The summed E-state index contributed by atoms with van der Waals surface area (Å²) in [6.07, 6.45) is 9.32. The predicted molar refractivity (Wildman–Crippen MR) is 63.8 cm³/mol. The summed E-state index contributed by atoms with van der Waals surface area (Å²) in [6.45, 7) is 4.67. The molecule has 82 valence electrons. The van der Waals surface area contributed by atoms with Crippen molar-refractivity contribution in [2.75, 3.05) is 0 Å². The molecule has 1 fully saturated rings. The maximum Gasteiger partial charge on any atom is 0.0270 e. The largest absolute Gasteiger partial charge is 0.265 e. The molecule has 1 aliphatic rings. The van der Waals surface area contributed by atoms with Crippen molar-refractivity contribution in [1.29, 1.82) is 0 Å². The van der Waals surface area contributed by atoms with E-state index >= 15 is 0 Å². The van der Waals surface area contributed by atoms with Gasteiger partial charge in [-0.05, 0) is 48.3 Å². The van der Waals surface area contributed by atoms with E-state index in [4.69, 9.17) is 0 Å². The van der Waals surface area contributed by atoms with Crippen LogP contribution in [0, 0.1) is 11.8 Å². The number of hydrogen-bond acceptors (Lipinski definition) is 1. The molecule has 1 aromatic rings. The van der Waals surface area contributed by atoms with Crippen LogP contribution in [-0.2, 0) is 0 Å². The van der Waals surface area contributed by atoms with Gasteiger partial charge in [-0.1, -0.05) is 26.7 Å². The van der Waals surface area contributed by atoms with Crippen LogP contribution in [0.2, 0.25) is 0 Å².